The molecule has 2 rings (SSSR count). The second-order valence-corrected chi connectivity index (χ2v) is 7.42. The Bertz CT molecular complexity index is 501. The Morgan fingerprint density at radius 1 is 1.26 bits per heavy atom. The summed E-state index contributed by atoms with van der Waals surface area (Å²) in [5.74, 6) is 0.841. The van der Waals surface area contributed by atoms with Crippen molar-refractivity contribution in [1.82, 2.24) is 9.80 Å². The van der Waals surface area contributed by atoms with E-state index in [2.05, 4.69) is 49.8 Å². The molecular weight excluding hydrogens is 284 g/mol. The van der Waals surface area contributed by atoms with Crippen LogP contribution in [0.1, 0.15) is 42.0 Å². The summed E-state index contributed by atoms with van der Waals surface area (Å²) in [4.78, 5) is 4.98. The zero-order valence-electron chi connectivity index (χ0n) is 15.7. The van der Waals surface area contributed by atoms with Crippen LogP contribution in [0.4, 0.5) is 0 Å². The fourth-order valence-corrected chi connectivity index (χ4v) is 3.63. The van der Waals surface area contributed by atoms with Gasteiger partial charge in [0.05, 0.1) is 6.61 Å². The zero-order chi connectivity index (χ0) is 16.8. The van der Waals surface area contributed by atoms with Crippen LogP contribution in [0.3, 0.4) is 0 Å². The van der Waals surface area contributed by atoms with Crippen LogP contribution < -0.4 is 0 Å². The van der Waals surface area contributed by atoms with E-state index < -0.39 is 0 Å². The van der Waals surface area contributed by atoms with Crippen LogP contribution in [-0.2, 0) is 17.8 Å². The molecule has 0 N–H and O–H groups in total. The van der Waals surface area contributed by atoms with Crippen molar-refractivity contribution in [3.8, 4) is 0 Å². The summed E-state index contributed by atoms with van der Waals surface area (Å²) in [6.07, 6.45) is 2.73. The van der Waals surface area contributed by atoms with E-state index in [1.54, 1.807) is 7.11 Å². The summed E-state index contributed by atoms with van der Waals surface area (Å²) in [5, 5.41) is 0. The molecule has 1 heterocycles. The van der Waals surface area contributed by atoms with Crippen molar-refractivity contribution in [3.05, 3.63) is 34.4 Å². The van der Waals surface area contributed by atoms with E-state index in [1.165, 1.54) is 48.2 Å². The van der Waals surface area contributed by atoms with Gasteiger partial charge in [-0.15, -0.1) is 0 Å². The predicted molar refractivity (Wildman–Crippen MR) is 97.8 cm³/mol. The number of likely N-dealkylation sites (tertiary alicyclic amines) is 1. The average molecular weight is 319 g/mol. The Kier molecular flexibility index (Phi) is 7.07. The first-order chi connectivity index (χ1) is 11.0. The Labute approximate surface area is 142 Å². The van der Waals surface area contributed by atoms with Gasteiger partial charge >= 0.3 is 0 Å². The third kappa shape index (κ3) is 5.59. The summed E-state index contributed by atoms with van der Waals surface area (Å²) < 4.78 is 5.19. The van der Waals surface area contributed by atoms with Gasteiger partial charge in [0.25, 0.3) is 0 Å². The Morgan fingerprint density at radius 3 is 2.70 bits per heavy atom. The summed E-state index contributed by atoms with van der Waals surface area (Å²) in [7, 11) is 3.94. The lowest BCUT2D eigenvalue weighted by Gasteiger charge is -2.31. The number of hydrogen-bond donors (Lipinski definition) is 0. The normalized spacial score (nSPS) is 19.5. The van der Waals surface area contributed by atoms with Gasteiger partial charge in [0.2, 0.25) is 0 Å². The van der Waals surface area contributed by atoms with E-state index in [0.29, 0.717) is 0 Å². The topological polar surface area (TPSA) is 15.7 Å². The van der Waals surface area contributed by atoms with Crippen molar-refractivity contribution in [2.24, 2.45) is 5.92 Å². The quantitative estimate of drug-likeness (QED) is 0.764. The molecule has 0 aromatic heterocycles. The minimum Gasteiger partial charge on any atom is -0.383 e. The average Bonchev–Trinajstić information content (AvgIpc) is 2.50. The molecule has 0 spiro atoms. The summed E-state index contributed by atoms with van der Waals surface area (Å²) >= 11 is 0. The highest BCUT2D eigenvalue weighted by atomic mass is 16.5. The van der Waals surface area contributed by atoms with Crippen LogP contribution in [-0.4, -0.2) is 50.2 Å². The minimum atomic E-state index is 0.792. The lowest BCUT2D eigenvalue weighted by Crippen LogP contribution is -2.34. The molecule has 0 bridgehead atoms. The number of ether oxygens (including phenoxy) is 1. The molecular formula is C20H34N2O. The number of rotatable bonds is 7. The monoisotopic (exact) mass is 318 g/mol. The molecule has 3 heteroatoms. The molecule has 0 aliphatic carbocycles. The van der Waals surface area contributed by atoms with Gasteiger partial charge in [-0.2, -0.15) is 0 Å². The smallest absolute Gasteiger partial charge is 0.0589 e. The number of aryl methyl sites for hydroxylation is 1. The molecule has 0 radical (unpaired) electrons. The van der Waals surface area contributed by atoms with Gasteiger partial charge in [-0.25, -0.2) is 0 Å². The zero-order valence-corrected chi connectivity index (χ0v) is 15.7. The number of nitrogens with zero attached hydrogens (tertiary/aromatic N) is 2. The molecule has 3 nitrogen and oxygen atoms in total. The van der Waals surface area contributed by atoms with E-state index in [9.17, 15) is 0 Å². The van der Waals surface area contributed by atoms with Gasteiger partial charge < -0.3 is 4.74 Å². The van der Waals surface area contributed by atoms with E-state index in [1.807, 2.05) is 0 Å². The number of benzene rings is 1. The summed E-state index contributed by atoms with van der Waals surface area (Å²) in [5.41, 5.74) is 5.82. The van der Waals surface area contributed by atoms with Crippen LogP contribution in [0.25, 0.3) is 0 Å². The van der Waals surface area contributed by atoms with Crippen molar-refractivity contribution in [2.75, 3.05) is 40.4 Å². The van der Waals surface area contributed by atoms with Gasteiger partial charge in [0, 0.05) is 33.3 Å². The van der Waals surface area contributed by atoms with Crippen molar-refractivity contribution < 1.29 is 4.74 Å². The number of hydrogen-bond acceptors (Lipinski definition) is 3. The SMILES string of the molecule is COCCN(C)Cc1cc(C)cc(CN2CCC[C@H](C)C2)c1C. The van der Waals surface area contributed by atoms with Crippen molar-refractivity contribution >= 4 is 0 Å². The van der Waals surface area contributed by atoms with Gasteiger partial charge in [0.1, 0.15) is 0 Å². The number of piperidine rings is 1. The molecule has 0 saturated carbocycles. The van der Waals surface area contributed by atoms with Crippen LogP contribution >= 0.6 is 0 Å². The highest BCUT2D eigenvalue weighted by Gasteiger charge is 2.18. The predicted octanol–water partition coefficient (Wildman–Crippen LogP) is 3.61. The molecule has 0 amide bonds. The molecule has 0 unspecified atom stereocenters. The second-order valence-electron chi connectivity index (χ2n) is 7.42. The molecule has 1 fully saturated rings. The van der Waals surface area contributed by atoms with E-state index in [0.717, 1.165) is 32.2 Å². The van der Waals surface area contributed by atoms with Crippen LogP contribution in [0, 0.1) is 19.8 Å². The minimum absolute atomic E-state index is 0.792. The molecule has 130 valence electrons. The van der Waals surface area contributed by atoms with E-state index >= 15 is 0 Å². The van der Waals surface area contributed by atoms with Gasteiger partial charge in [-0.05, 0) is 62.9 Å². The maximum absolute atomic E-state index is 5.19. The van der Waals surface area contributed by atoms with Crippen LogP contribution in [0.5, 0.6) is 0 Å². The Balaban J connectivity index is 2.07. The fourth-order valence-electron chi connectivity index (χ4n) is 3.63. The first-order valence-electron chi connectivity index (χ1n) is 8.98. The molecule has 1 aromatic rings. The molecule has 1 atom stereocenters. The number of methoxy groups -OCH3 is 1. The summed E-state index contributed by atoms with van der Waals surface area (Å²) in [6, 6.07) is 4.73. The van der Waals surface area contributed by atoms with Gasteiger partial charge in [-0.3, -0.25) is 9.80 Å². The van der Waals surface area contributed by atoms with E-state index in [4.69, 9.17) is 4.74 Å². The first-order valence-corrected chi connectivity index (χ1v) is 8.98. The second kappa shape index (κ2) is 8.81. The highest BCUT2D eigenvalue weighted by Crippen LogP contribution is 2.23. The third-order valence-corrected chi connectivity index (χ3v) is 5.02. The molecule has 1 aliphatic rings. The molecule has 1 aromatic carbocycles. The van der Waals surface area contributed by atoms with Gasteiger partial charge in [0.15, 0.2) is 0 Å². The molecule has 23 heavy (non-hydrogen) atoms. The first kappa shape index (κ1) is 18.4. The largest absolute Gasteiger partial charge is 0.383 e. The van der Waals surface area contributed by atoms with Crippen molar-refractivity contribution in [2.45, 2.75) is 46.7 Å². The number of likely N-dealkylation sites (N-methyl/N-ethyl adjacent to an activating group) is 1. The Morgan fingerprint density at radius 2 is 2.00 bits per heavy atom. The Hall–Kier alpha value is -0.900. The van der Waals surface area contributed by atoms with Crippen LogP contribution in [0.15, 0.2) is 12.1 Å². The third-order valence-electron chi connectivity index (χ3n) is 5.02. The summed E-state index contributed by atoms with van der Waals surface area (Å²) in [6.45, 7) is 13.3. The van der Waals surface area contributed by atoms with Gasteiger partial charge in [-0.1, -0.05) is 24.6 Å². The molecule has 1 aliphatic heterocycles. The van der Waals surface area contributed by atoms with Crippen LogP contribution in [0.2, 0.25) is 0 Å². The molecule has 1 saturated heterocycles. The maximum Gasteiger partial charge on any atom is 0.0589 e. The highest BCUT2D eigenvalue weighted by molar-refractivity contribution is 5.38. The lowest BCUT2D eigenvalue weighted by atomic mass is 9.96. The standard InChI is InChI=1S/C20H34N2O/c1-16-7-6-8-22(13-16)15-20-12-17(2)11-19(18(20)3)14-21(4)9-10-23-5/h11-12,16H,6-10,13-15H2,1-5H3/t16-/m0/s1. The lowest BCUT2D eigenvalue weighted by molar-refractivity contribution is 0.158. The van der Waals surface area contributed by atoms with E-state index in [-0.39, 0.29) is 0 Å². The fraction of sp³-hybridized carbons (Fsp3) is 0.700. The van der Waals surface area contributed by atoms with Crippen molar-refractivity contribution in [1.29, 1.82) is 0 Å². The van der Waals surface area contributed by atoms with Crippen molar-refractivity contribution in [3.63, 3.8) is 0 Å². The maximum atomic E-state index is 5.19.